The van der Waals surface area contributed by atoms with Gasteiger partial charge in [0.15, 0.2) is 6.10 Å². The van der Waals surface area contributed by atoms with Crippen molar-refractivity contribution >= 4 is 17.9 Å². The zero-order valence-corrected chi connectivity index (χ0v) is 55.3. The molecule has 6 heteroatoms. The molecule has 0 aliphatic carbocycles. The molecule has 0 spiro atoms. The Balaban J connectivity index is 4.08. The van der Waals surface area contributed by atoms with E-state index in [0.717, 1.165) is 83.5 Å². The Kier molecular flexibility index (Phi) is 68.6. The minimum absolute atomic E-state index is 0.0661. The Labute approximate surface area is 511 Å². The van der Waals surface area contributed by atoms with Crippen molar-refractivity contribution in [2.75, 3.05) is 13.2 Å². The van der Waals surface area contributed by atoms with Gasteiger partial charge in [0.2, 0.25) is 0 Å². The van der Waals surface area contributed by atoms with Crippen LogP contribution in [0.5, 0.6) is 0 Å². The lowest BCUT2D eigenvalue weighted by Gasteiger charge is -2.18. The highest BCUT2D eigenvalue weighted by molar-refractivity contribution is 5.71. The predicted octanol–water partition coefficient (Wildman–Crippen LogP) is 25.3. The lowest BCUT2D eigenvalue weighted by molar-refractivity contribution is -0.167. The van der Waals surface area contributed by atoms with Crippen molar-refractivity contribution in [3.63, 3.8) is 0 Å². The van der Waals surface area contributed by atoms with Gasteiger partial charge < -0.3 is 14.2 Å². The van der Waals surface area contributed by atoms with Crippen LogP contribution in [0.4, 0.5) is 0 Å². The highest BCUT2D eigenvalue weighted by atomic mass is 16.6. The van der Waals surface area contributed by atoms with E-state index in [1.165, 1.54) is 276 Å². The third-order valence-corrected chi connectivity index (χ3v) is 16.6. The maximum atomic E-state index is 12.9. The maximum Gasteiger partial charge on any atom is 0.306 e. The molecule has 0 aromatic carbocycles. The number of hydrogen-bond acceptors (Lipinski definition) is 6. The molecule has 0 amide bonds. The molecule has 6 nitrogen and oxygen atoms in total. The summed E-state index contributed by atoms with van der Waals surface area (Å²) in [5.41, 5.74) is 0. The second kappa shape index (κ2) is 70.9. The lowest BCUT2D eigenvalue weighted by Crippen LogP contribution is -2.30. The van der Waals surface area contributed by atoms with Crippen LogP contribution in [0, 0.1) is 0 Å². The number of carbonyl (C=O) groups excluding carboxylic acids is 3. The van der Waals surface area contributed by atoms with Crippen molar-refractivity contribution in [1.29, 1.82) is 0 Å². The molecule has 0 aromatic rings. The van der Waals surface area contributed by atoms with Crippen molar-refractivity contribution in [2.24, 2.45) is 0 Å². The number of rotatable bonds is 68. The Morgan fingerprint density at radius 2 is 0.476 bits per heavy atom. The van der Waals surface area contributed by atoms with Crippen LogP contribution in [0.1, 0.15) is 400 Å². The first-order valence-electron chi connectivity index (χ1n) is 36.6. The Morgan fingerprint density at radius 3 is 0.744 bits per heavy atom. The van der Waals surface area contributed by atoms with Gasteiger partial charge in [-0.25, -0.2) is 0 Å². The molecule has 0 saturated carbocycles. The highest BCUT2D eigenvalue weighted by Crippen LogP contribution is 2.19. The second-order valence-corrected chi connectivity index (χ2v) is 24.8. The first kappa shape index (κ1) is 79.4. The molecule has 480 valence electrons. The minimum Gasteiger partial charge on any atom is -0.462 e. The van der Waals surface area contributed by atoms with Crippen LogP contribution in [0.15, 0.2) is 48.6 Å². The molecule has 0 radical (unpaired) electrons. The third kappa shape index (κ3) is 68.2. The number of esters is 3. The van der Waals surface area contributed by atoms with E-state index in [4.69, 9.17) is 14.2 Å². The quantitative estimate of drug-likeness (QED) is 0.0261. The van der Waals surface area contributed by atoms with Crippen LogP contribution in [-0.4, -0.2) is 37.2 Å². The predicted molar refractivity (Wildman–Crippen MR) is 358 cm³/mol. The van der Waals surface area contributed by atoms with Gasteiger partial charge in [0.25, 0.3) is 0 Å². The molecule has 0 fully saturated rings. The number of hydrogen-bond donors (Lipinski definition) is 0. The maximum absolute atomic E-state index is 12.9. The summed E-state index contributed by atoms with van der Waals surface area (Å²) < 4.78 is 17.0. The summed E-state index contributed by atoms with van der Waals surface area (Å²) >= 11 is 0. The van der Waals surface area contributed by atoms with Crippen LogP contribution in [-0.2, 0) is 28.6 Å². The monoisotopic (exact) mass is 1150 g/mol. The zero-order valence-electron chi connectivity index (χ0n) is 55.3. The summed E-state index contributed by atoms with van der Waals surface area (Å²) in [6, 6.07) is 0. The first-order chi connectivity index (χ1) is 40.5. The summed E-state index contributed by atoms with van der Waals surface area (Å²) in [7, 11) is 0. The molecule has 82 heavy (non-hydrogen) atoms. The number of allylic oxidation sites excluding steroid dienone is 8. The highest BCUT2D eigenvalue weighted by Gasteiger charge is 2.19. The molecule has 0 heterocycles. The van der Waals surface area contributed by atoms with Crippen molar-refractivity contribution < 1.29 is 28.6 Å². The van der Waals surface area contributed by atoms with Gasteiger partial charge in [-0.15, -0.1) is 0 Å². The van der Waals surface area contributed by atoms with E-state index in [2.05, 4.69) is 69.4 Å². The number of ether oxygens (including phenoxy) is 3. The average molecular weight is 1150 g/mol. The Morgan fingerprint density at radius 1 is 0.256 bits per heavy atom. The molecule has 1 unspecified atom stereocenters. The average Bonchev–Trinajstić information content (AvgIpc) is 3.48. The van der Waals surface area contributed by atoms with Crippen LogP contribution < -0.4 is 0 Å². The molecule has 0 saturated heterocycles. The summed E-state index contributed by atoms with van der Waals surface area (Å²) in [5, 5.41) is 0. The van der Waals surface area contributed by atoms with Crippen LogP contribution in [0.3, 0.4) is 0 Å². The van der Waals surface area contributed by atoms with Crippen molar-refractivity contribution in [2.45, 2.75) is 406 Å². The summed E-state index contributed by atoms with van der Waals surface area (Å²) in [6.07, 6.45) is 90.3. The standard InChI is InChI=1S/C76H140O6/c1-4-7-10-13-16-19-21-23-25-27-29-31-33-35-37-38-39-41-42-44-46-48-50-52-54-57-60-63-66-69-75(78)81-72-73(71-80-74(77)68-65-62-59-56-18-15-12-9-6-3)82-76(79)70-67-64-61-58-55-53-51-49-47-45-43-40-36-34-32-30-28-26-24-22-20-17-14-11-8-5-2/h7,10,16,19,23,25,29,31,73H,4-6,8-9,11-15,17-18,20-22,24,26-28,30,32-72H2,1-3H3/b10-7-,19-16-,25-23-,31-29-. The number of carbonyl (C=O) groups is 3. The Bertz CT molecular complexity index is 1410. The third-order valence-electron chi connectivity index (χ3n) is 16.6. The summed E-state index contributed by atoms with van der Waals surface area (Å²) in [5.74, 6) is -0.839. The summed E-state index contributed by atoms with van der Waals surface area (Å²) in [4.78, 5) is 38.3. The molecular formula is C76H140O6. The fraction of sp³-hybridized carbons (Fsp3) is 0.855. The fourth-order valence-corrected chi connectivity index (χ4v) is 11.1. The van der Waals surface area contributed by atoms with Crippen LogP contribution >= 0.6 is 0 Å². The molecule has 0 N–H and O–H groups in total. The number of unbranched alkanes of at least 4 members (excludes halogenated alkanes) is 49. The molecule has 0 bridgehead atoms. The van der Waals surface area contributed by atoms with Crippen LogP contribution in [0.2, 0.25) is 0 Å². The van der Waals surface area contributed by atoms with E-state index < -0.39 is 6.10 Å². The van der Waals surface area contributed by atoms with Gasteiger partial charge in [-0.05, 0) is 57.8 Å². The fourth-order valence-electron chi connectivity index (χ4n) is 11.1. The molecule has 0 rings (SSSR count). The minimum atomic E-state index is -0.768. The van der Waals surface area contributed by atoms with Gasteiger partial charge >= 0.3 is 17.9 Å². The van der Waals surface area contributed by atoms with E-state index in [1.54, 1.807) is 0 Å². The Hall–Kier alpha value is -2.63. The van der Waals surface area contributed by atoms with E-state index in [-0.39, 0.29) is 31.1 Å². The van der Waals surface area contributed by atoms with E-state index in [9.17, 15) is 14.4 Å². The van der Waals surface area contributed by atoms with Gasteiger partial charge in [-0.1, -0.05) is 371 Å². The van der Waals surface area contributed by atoms with Gasteiger partial charge in [0.1, 0.15) is 13.2 Å². The topological polar surface area (TPSA) is 78.9 Å². The summed E-state index contributed by atoms with van der Waals surface area (Å²) in [6.45, 7) is 6.58. The van der Waals surface area contributed by atoms with Crippen molar-refractivity contribution in [1.82, 2.24) is 0 Å². The zero-order chi connectivity index (χ0) is 59.2. The molecule has 0 aliphatic heterocycles. The van der Waals surface area contributed by atoms with Gasteiger partial charge in [0, 0.05) is 19.3 Å². The van der Waals surface area contributed by atoms with Gasteiger partial charge in [-0.2, -0.15) is 0 Å². The van der Waals surface area contributed by atoms with Crippen molar-refractivity contribution in [3.05, 3.63) is 48.6 Å². The van der Waals surface area contributed by atoms with E-state index in [1.807, 2.05) is 0 Å². The van der Waals surface area contributed by atoms with Crippen molar-refractivity contribution in [3.8, 4) is 0 Å². The molecule has 0 aliphatic rings. The lowest BCUT2D eigenvalue weighted by atomic mass is 10.0. The van der Waals surface area contributed by atoms with Gasteiger partial charge in [-0.3, -0.25) is 14.4 Å². The largest absolute Gasteiger partial charge is 0.462 e. The molecular weight excluding hydrogens is 1010 g/mol. The smallest absolute Gasteiger partial charge is 0.306 e. The SMILES string of the molecule is CC/C=C\C/C=C\C/C=C\C/C=C\CCCCCCCCCCCCCCCCCCC(=O)OCC(COC(=O)CCCCCCCCCCC)OC(=O)CCCCCCCCCCCCCCCCCCCCCCCCCCCC. The van der Waals surface area contributed by atoms with Gasteiger partial charge in [0.05, 0.1) is 0 Å². The van der Waals surface area contributed by atoms with E-state index >= 15 is 0 Å². The van der Waals surface area contributed by atoms with E-state index in [0.29, 0.717) is 19.3 Å². The van der Waals surface area contributed by atoms with Crippen LogP contribution in [0.25, 0.3) is 0 Å². The normalized spacial score (nSPS) is 12.3. The molecule has 0 aromatic heterocycles. The second-order valence-electron chi connectivity index (χ2n) is 24.8. The first-order valence-corrected chi connectivity index (χ1v) is 36.6. The molecule has 1 atom stereocenters.